The lowest BCUT2D eigenvalue weighted by Gasteiger charge is -2.07. The van der Waals surface area contributed by atoms with E-state index in [1.165, 1.54) is 7.11 Å². The second-order valence-corrected chi connectivity index (χ2v) is 3.94. The highest BCUT2D eigenvalue weighted by Crippen LogP contribution is 2.07. The molecule has 0 aliphatic rings. The number of methoxy groups -OCH3 is 1. The first-order chi connectivity index (χ1) is 9.65. The molecule has 0 aromatic heterocycles. The predicted octanol–water partition coefficient (Wildman–Crippen LogP) is 3.53. The largest absolute Gasteiger partial charge is 0.489 e. The van der Waals surface area contributed by atoms with E-state index in [4.69, 9.17) is 4.74 Å². The molecule has 0 spiro atoms. The first kappa shape index (κ1) is 15.6. The van der Waals surface area contributed by atoms with E-state index in [0.717, 1.165) is 5.56 Å². The Hall–Kier alpha value is -2.49. The molecule has 0 saturated heterocycles. The van der Waals surface area contributed by atoms with Gasteiger partial charge in [0, 0.05) is 5.70 Å². The maximum atomic E-state index is 11.0. The van der Waals surface area contributed by atoms with Crippen molar-refractivity contribution >= 4 is 6.09 Å². The lowest BCUT2D eigenvalue weighted by Crippen LogP contribution is -2.20. The molecule has 0 radical (unpaired) electrons. The van der Waals surface area contributed by atoms with Gasteiger partial charge in [-0.05, 0) is 30.7 Å². The molecule has 4 nitrogen and oxygen atoms in total. The molecule has 20 heavy (non-hydrogen) atoms. The monoisotopic (exact) mass is 273 g/mol. The molecule has 0 aliphatic heterocycles. The minimum absolute atomic E-state index is 0.430. The summed E-state index contributed by atoms with van der Waals surface area (Å²) in [7, 11) is 1.30. The van der Waals surface area contributed by atoms with Gasteiger partial charge >= 0.3 is 6.09 Å². The van der Waals surface area contributed by atoms with Gasteiger partial charge in [-0.3, -0.25) is 5.32 Å². The van der Waals surface area contributed by atoms with Crippen LogP contribution in [-0.2, 0) is 16.1 Å². The summed E-state index contributed by atoms with van der Waals surface area (Å²) in [4.78, 5) is 11.0. The highest BCUT2D eigenvalue weighted by atomic mass is 16.5. The second-order valence-electron chi connectivity index (χ2n) is 3.94. The summed E-state index contributed by atoms with van der Waals surface area (Å²) in [6.45, 7) is 6.05. The number of hydrogen-bond donors (Lipinski definition) is 1. The summed E-state index contributed by atoms with van der Waals surface area (Å²) < 4.78 is 10.1. The van der Waals surface area contributed by atoms with Crippen molar-refractivity contribution in [3.63, 3.8) is 0 Å². The summed E-state index contributed by atoms with van der Waals surface area (Å²) >= 11 is 0. The fraction of sp³-hybridized carbons (Fsp3) is 0.188. The molecule has 0 aliphatic carbocycles. The van der Waals surface area contributed by atoms with Crippen molar-refractivity contribution in [1.29, 1.82) is 0 Å². The summed E-state index contributed by atoms with van der Waals surface area (Å²) in [6, 6.07) is 9.88. The average molecular weight is 273 g/mol. The molecule has 0 fully saturated rings. The van der Waals surface area contributed by atoms with Crippen LogP contribution >= 0.6 is 0 Å². The van der Waals surface area contributed by atoms with Crippen LogP contribution in [0.2, 0.25) is 0 Å². The Morgan fingerprint density at radius 1 is 1.30 bits per heavy atom. The van der Waals surface area contributed by atoms with E-state index in [1.54, 1.807) is 12.2 Å². The maximum absolute atomic E-state index is 11.0. The van der Waals surface area contributed by atoms with Crippen molar-refractivity contribution in [2.45, 2.75) is 13.5 Å². The van der Waals surface area contributed by atoms with Gasteiger partial charge in [-0.1, -0.05) is 36.9 Å². The highest BCUT2D eigenvalue weighted by Gasteiger charge is 1.99. The molecular weight excluding hydrogens is 254 g/mol. The van der Waals surface area contributed by atoms with E-state index in [-0.39, 0.29) is 0 Å². The van der Waals surface area contributed by atoms with E-state index in [9.17, 15) is 4.79 Å². The van der Waals surface area contributed by atoms with E-state index in [2.05, 4.69) is 16.6 Å². The van der Waals surface area contributed by atoms with Crippen LogP contribution in [0, 0.1) is 0 Å². The molecule has 0 heterocycles. The quantitative estimate of drug-likeness (QED) is 0.637. The zero-order valence-electron chi connectivity index (χ0n) is 11.8. The van der Waals surface area contributed by atoms with Crippen LogP contribution in [0.3, 0.4) is 0 Å². The number of rotatable bonds is 6. The Kier molecular flexibility index (Phi) is 6.68. The van der Waals surface area contributed by atoms with Gasteiger partial charge in [-0.2, -0.15) is 0 Å². The predicted molar refractivity (Wildman–Crippen MR) is 78.8 cm³/mol. The van der Waals surface area contributed by atoms with Crippen molar-refractivity contribution in [2.24, 2.45) is 0 Å². The van der Waals surface area contributed by atoms with Crippen LogP contribution in [0.4, 0.5) is 4.79 Å². The van der Waals surface area contributed by atoms with E-state index < -0.39 is 6.09 Å². The number of allylic oxidation sites excluding steroid dienone is 3. The fourth-order valence-electron chi connectivity index (χ4n) is 1.38. The van der Waals surface area contributed by atoms with Gasteiger partial charge in [0.1, 0.15) is 12.4 Å². The number of carbonyl (C=O) groups excluding carboxylic acids is 1. The first-order valence-electron chi connectivity index (χ1n) is 6.20. The molecule has 1 aromatic carbocycles. The van der Waals surface area contributed by atoms with Crippen molar-refractivity contribution in [3.8, 4) is 0 Å². The van der Waals surface area contributed by atoms with Crippen LogP contribution in [0.25, 0.3) is 0 Å². The Bertz CT molecular complexity index is 504. The lowest BCUT2D eigenvalue weighted by molar-refractivity contribution is 0.174. The van der Waals surface area contributed by atoms with Gasteiger partial charge in [-0.15, -0.1) is 0 Å². The van der Waals surface area contributed by atoms with Crippen LogP contribution in [-0.4, -0.2) is 13.2 Å². The molecule has 4 heteroatoms. The number of ether oxygens (including phenoxy) is 2. The molecule has 0 saturated carbocycles. The van der Waals surface area contributed by atoms with Gasteiger partial charge in [-0.25, -0.2) is 4.79 Å². The average Bonchev–Trinajstić information content (AvgIpc) is 2.48. The second kappa shape index (κ2) is 8.58. The molecule has 1 aromatic rings. The third-order valence-electron chi connectivity index (χ3n) is 2.43. The molecule has 1 N–H and O–H groups in total. The Balaban J connectivity index is 2.47. The molecule has 1 rings (SSSR count). The molecule has 0 bridgehead atoms. The van der Waals surface area contributed by atoms with Crippen molar-refractivity contribution in [2.75, 3.05) is 7.11 Å². The van der Waals surface area contributed by atoms with Gasteiger partial charge in [0.15, 0.2) is 0 Å². The third kappa shape index (κ3) is 5.91. The molecular formula is C16H19NO3. The van der Waals surface area contributed by atoms with Crippen LogP contribution in [0.5, 0.6) is 0 Å². The van der Waals surface area contributed by atoms with Gasteiger partial charge in [0.05, 0.1) is 7.11 Å². The van der Waals surface area contributed by atoms with Crippen molar-refractivity contribution in [1.82, 2.24) is 5.32 Å². The molecule has 1 amide bonds. The maximum Gasteiger partial charge on any atom is 0.411 e. The van der Waals surface area contributed by atoms with E-state index in [1.807, 2.05) is 43.3 Å². The number of alkyl carbamates (subject to hydrolysis) is 1. The lowest BCUT2D eigenvalue weighted by atomic mass is 10.2. The van der Waals surface area contributed by atoms with Crippen LogP contribution in [0.15, 0.2) is 66.6 Å². The standard InChI is InChI=1S/C16H19NO3/c1-4-15(11-10-13(2)17-16(18)19-3)20-12-14-8-6-5-7-9-14/h4-11H,2,12H2,1,3H3,(H,17,18)/b11-10-,15-4+. The minimum atomic E-state index is -0.549. The summed E-state index contributed by atoms with van der Waals surface area (Å²) in [6.07, 6.45) is 4.68. The highest BCUT2D eigenvalue weighted by molar-refractivity contribution is 5.69. The van der Waals surface area contributed by atoms with Crippen molar-refractivity contribution < 1.29 is 14.3 Å². The SMILES string of the molecule is C=C(/C=C\C(=C/C)OCc1ccccc1)NC(=O)OC. The summed E-state index contributed by atoms with van der Waals surface area (Å²) in [5, 5.41) is 2.46. The van der Waals surface area contributed by atoms with Crippen molar-refractivity contribution in [3.05, 3.63) is 72.2 Å². The smallest absolute Gasteiger partial charge is 0.411 e. The van der Waals surface area contributed by atoms with Crippen LogP contribution < -0.4 is 5.32 Å². The van der Waals surface area contributed by atoms with Gasteiger partial charge in [0.25, 0.3) is 0 Å². The zero-order chi connectivity index (χ0) is 14.8. The number of hydrogen-bond acceptors (Lipinski definition) is 3. The summed E-state index contributed by atoms with van der Waals surface area (Å²) in [5.41, 5.74) is 1.52. The third-order valence-corrected chi connectivity index (χ3v) is 2.43. The summed E-state index contributed by atoms with van der Waals surface area (Å²) in [5.74, 6) is 0.696. The Morgan fingerprint density at radius 3 is 2.60 bits per heavy atom. The van der Waals surface area contributed by atoms with Gasteiger partial charge in [0.2, 0.25) is 0 Å². The number of nitrogens with one attached hydrogen (secondary N) is 1. The topological polar surface area (TPSA) is 47.6 Å². The number of carbonyl (C=O) groups is 1. The van der Waals surface area contributed by atoms with E-state index in [0.29, 0.717) is 18.1 Å². The van der Waals surface area contributed by atoms with Crippen LogP contribution in [0.1, 0.15) is 12.5 Å². The zero-order valence-corrected chi connectivity index (χ0v) is 11.8. The fourth-order valence-corrected chi connectivity index (χ4v) is 1.38. The number of amides is 1. The normalized spacial score (nSPS) is 11.2. The molecule has 106 valence electrons. The van der Waals surface area contributed by atoms with E-state index >= 15 is 0 Å². The first-order valence-corrected chi connectivity index (χ1v) is 6.20. The van der Waals surface area contributed by atoms with Gasteiger partial charge < -0.3 is 9.47 Å². The molecule has 0 atom stereocenters. The molecule has 0 unspecified atom stereocenters. The minimum Gasteiger partial charge on any atom is -0.489 e. The Labute approximate surface area is 119 Å². The Morgan fingerprint density at radius 2 is 2.00 bits per heavy atom. The number of benzene rings is 1.